The van der Waals surface area contributed by atoms with Gasteiger partial charge in [-0.05, 0) is 30.3 Å². The van der Waals surface area contributed by atoms with Crippen molar-refractivity contribution < 1.29 is 9.47 Å². The van der Waals surface area contributed by atoms with Gasteiger partial charge in [-0.25, -0.2) is 0 Å². The van der Waals surface area contributed by atoms with Gasteiger partial charge in [0.1, 0.15) is 11.5 Å². The van der Waals surface area contributed by atoms with Gasteiger partial charge in [-0.3, -0.25) is 0 Å². The van der Waals surface area contributed by atoms with Crippen molar-refractivity contribution in [3.8, 4) is 11.5 Å². The summed E-state index contributed by atoms with van der Waals surface area (Å²) in [4.78, 5) is 0. The number of benzene rings is 2. The van der Waals surface area contributed by atoms with E-state index in [1.165, 1.54) is 0 Å². The molecule has 4 heteroatoms. The van der Waals surface area contributed by atoms with E-state index in [9.17, 15) is 0 Å². The van der Waals surface area contributed by atoms with Gasteiger partial charge in [-0.2, -0.15) is 0 Å². The van der Waals surface area contributed by atoms with Crippen LogP contribution in [0, 0.1) is 0 Å². The van der Waals surface area contributed by atoms with Gasteiger partial charge < -0.3 is 15.2 Å². The fourth-order valence-corrected chi connectivity index (χ4v) is 1.99. The Bertz CT molecular complexity index is 531. The lowest BCUT2D eigenvalue weighted by Gasteiger charge is -2.11. The zero-order chi connectivity index (χ0) is 14.2. The van der Waals surface area contributed by atoms with Crippen molar-refractivity contribution in [3.63, 3.8) is 0 Å². The maximum absolute atomic E-state index is 5.92. The van der Waals surface area contributed by atoms with Gasteiger partial charge in [0.25, 0.3) is 0 Å². The Labute approximate surface area is 124 Å². The van der Waals surface area contributed by atoms with Crippen molar-refractivity contribution >= 4 is 11.6 Å². The van der Waals surface area contributed by atoms with Gasteiger partial charge in [0.05, 0.1) is 13.2 Å². The third-order valence-corrected chi connectivity index (χ3v) is 3.04. The molecular formula is C16H18ClNO2. The second-order valence-electron chi connectivity index (χ2n) is 4.32. The Morgan fingerprint density at radius 1 is 0.950 bits per heavy atom. The highest BCUT2D eigenvalue weighted by Crippen LogP contribution is 2.22. The first-order chi connectivity index (χ1) is 9.79. The standard InChI is InChI=1S/C16H18ClNO2/c17-14-7-8-16(13(11-14)12-18)20-10-4-9-19-15-5-2-1-3-6-15/h1-3,5-8,11H,4,9-10,12,18H2. The predicted octanol–water partition coefficient (Wildman–Crippen LogP) is 3.65. The normalized spacial score (nSPS) is 10.3. The average molecular weight is 292 g/mol. The minimum atomic E-state index is 0.413. The number of nitrogens with two attached hydrogens (primary N) is 1. The minimum absolute atomic E-state index is 0.413. The maximum Gasteiger partial charge on any atom is 0.123 e. The van der Waals surface area contributed by atoms with Crippen LogP contribution >= 0.6 is 11.6 Å². The Hall–Kier alpha value is -1.71. The molecule has 0 atom stereocenters. The summed E-state index contributed by atoms with van der Waals surface area (Å²) in [6, 6.07) is 15.2. The van der Waals surface area contributed by atoms with Gasteiger partial charge in [-0.15, -0.1) is 0 Å². The van der Waals surface area contributed by atoms with Crippen molar-refractivity contribution in [1.29, 1.82) is 0 Å². The summed E-state index contributed by atoms with van der Waals surface area (Å²) in [5.74, 6) is 1.67. The van der Waals surface area contributed by atoms with Crippen molar-refractivity contribution in [1.82, 2.24) is 0 Å². The van der Waals surface area contributed by atoms with E-state index in [0.717, 1.165) is 23.5 Å². The highest BCUT2D eigenvalue weighted by molar-refractivity contribution is 6.30. The third-order valence-electron chi connectivity index (χ3n) is 2.80. The Balaban J connectivity index is 1.73. The SMILES string of the molecule is NCc1cc(Cl)ccc1OCCCOc1ccccc1. The Kier molecular flexibility index (Phi) is 5.71. The number of para-hydroxylation sites is 1. The molecule has 0 aliphatic carbocycles. The van der Waals surface area contributed by atoms with E-state index >= 15 is 0 Å². The predicted molar refractivity (Wildman–Crippen MR) is 81.4 cm³/mol. The molecule has 0 saturated carbocycles. The summed E-state index contributed by atoms with van der Waals surface area (Å²) < 4.78 is 11.3. The molecule has 0 fully saturated rings. The van der Waals surface area contributed by atoms with Gasteiger partial charge in [-0.1, -0.05) is 29.8 Å². The first kappa shape index (κ1) is 14.7. The highest BCUT2D eigenvalue weighted by Gasteiger charge is 2.03. The van der Waals surface area contributed by atoms with Gasteiger partial charge in [0.2, 0.25) is 0 Å². The molecule has 0 heterocycles. The molecule has 0 bridgehead atoms. The Morgan fingerprint density at radius 3 is 2.45 bits per heavy atom. The van der Waals surface area contributed by atoms with Crippen LogP contribution in [0.1, 0.15) is 12.0 Å². The molecule has 0 radical (unpaired) electrons. The topological polar surface area (TPSA) is 44.5 Å². The van der Waals surface area contributed by atoms with E-state index in [1.54, 1.807) is 6.07 Å². The number of halogens is 1. The van der Waals surface area contributed by atoms with Crippen LogP contribution in [-0.2, 0) is 6.54 Å². The van der Waals surface area contributed by atoms with E-state index < -0.39 is 0 Å². The quantitative estimate of drug-likeness (QED) is 0.792. The Morgan fingerprint density at radius 2 is 1.70 bits per heavy atom. The zero-order valence-electron chi connectivity index (χ0n) is 11.2. The summed E-state index contributed by atoms with van der Waals surface area (Å²) in [7, 11) is 0. The fourth-order valence-electron chi connectivity index (χ4n) is 1.80. The van der Waals surface area contributed by atoms with Gasteiger partial charge in [0.15, 0.2) is 0 Å². The minimum Gasteiger partial charge on any atom is -0.493 e. The lowest BCUT2D eigenvalue weighted by molar-refractivity contribution is 0.246. The number of rotatable bonds is 7. The molecule has 3 nitrogen and oxygen atoms in total. The molecule has 0 aromatic heterocycles. The van der Waals surface area contributed by atoms with E-state index in [2.05, 4.69) is 0 Å². The highest BCUT2D eigenvalue weighted by atomic mass is 35.5. The van der Waals surface area contributed by atoms with Crippen molar-refractivity contribution in [2.75, 3.05) is 13.2 Å². The lowest BCUT2D eigenvalue weighted by atomic mass is 10.2. The van der Waals surface area contributed by atoms with E-state index in [-0.39, 0.29) is 0 Å². The largest absolute Gasteiger partial charge is 0.493 e. The molecule has 2 N–H and O–H groups in total. The third kappa shape index (κ3) is 4.44. The summed E-state index contributed by atoms with van der Waals surface area (Å²) >= 11 is 5.92. The van der Waals surface area contributed by atoms with Crippen LogP contribution in [0.2, 0.25) is 5.02 Å². The first-order valence-corrected chi connectivity index (χ1v) is 6.96. The summed E-state index contributed by atoms with van der Waals surface area (Å²) in [5, 5.41) is 0.671. The fraction of sp³-hybridized carbons (Fsp3) is 0.250. The summed E-state index contributed by atoms with van der Waals surface area (Å²) in [6.45, 7) is 1.62. The van der Waals surface area contributed by atoms with Crippen molar-refractivity contribution in [3.05, 3.63) is 59.1 Å². The molecule has 0 amide bonds. The van der Waals surface area contributed by atoms with Crippen LogP contribution in [0.25, 0.3) is 0 Å². The second-order valence-corrected chi connectivity index (χ2v) is 4.76. The van der Waals surface area contributed by atoms with E-state index in [1.807, 2.05) is 42.5 Å². The van der Waals surface area contributed by atoms with Crippen molar-refractivity contribution in [2.24, 2.45) is 5.73 Å². The molecule has 0 aliphatic rings. The number of hydrogen-bond acceptors (Lipinski definition) is 3. The molecular weight excluding hydrogens is 274 g/mol. The maximum atomic E-state index is 5.92. The zero-order valence-corrected chi connectivity index (χ0v) is 12.0. The van der Waals surface area contributed by atoms with E-state index in [4.69, 9.17) is 26.8 Å². The molecule has 2 rings (SSSR count). The van der Waals surface area contributed by atoms with Crippen LogP contribution < -0.4 is 15.2 Å². The average Bonchev–Trinajstić information content (AvgIpc) is 2.49. The molecule has 0 spiro atoms. The number of ether oxygens (including phenoxy) is 2. The molecule has 106 valence electrons. The molecule has 0 aliphatic heterocycles. The van der Waals surface area contributed by atoms with Crippen LogP contribution in [0.5, 0.6) is 11.5 Å². The van der Waals surface area contributed by atoms with Crippen LogP contribution in [0.15, 0.2) is 48.5 Å². The van der Waals surface area contributed by atoms with E-state index in [0.29, 0.717) is 24.8 Å². The molecule has 20 heavy (non-hydrogen) atoms. The van der Waals surface area contributed by atoms with Crippen LogP contribution in [-0.4, -0.2) is 13.2 Å². The first-order valence-electron chi connectivity index (χ1n) is 6.59. The van der Waals surface area contributed by atoms with Crippen molar-refractivity contribution in [2.45, 2.75) is 13.0 Å². The van der Waals surface area contributed by atoms with Gasteiger partial charge in [0, 0.05) is 23.6 Å². The summed E-state index contributed by atoms with van der Waals surface area (Å²) in [5.41, 5.74) is 6.58. The van der Waals surface area contributed by atoms with Gasteiger partial charge >= 0.3 is 0 Å². The van der Waals surface area contributed by atoms with Crippen LogP contribution in [0.3, 0.4) is 0 Å². The molecule has 0 unspecified atom stereocenters. The molecule has 0 saturated heterocycles. The molecule has 2 aromatic rings. The number of hydrogen-bond donors (Lipinski definition) is 1. The smallest absolute Gasteiger partial charge is 0.123 e. The molecule has 2 aromatic carbocycles. The van der Waals surface area contributed by atoms with Crippen LogP contribution in [0.4, 0.5) is 0 Å². The second kappa shape index (κ2) is 7.78. The summed E-state index contributed by atoms with van der Waals surface area (Å²) in [6.07, 6.45) is 0.807. The lowest BCUT2D eigenvalue weighted by Crippen LogP contribution is -2.07. The monoisotopic (exact) mass is 291 g/mol.